The molecule has 30 heavy (non-hydrogen) atoms. The normalized spacial score (nSPS) is 17.1. The standard InChI is InChI=1S/C23H27ClN4O2/c24-18-4-3-7-21(16-18)27-12-14-28(15-13-27)23(30)26-20-10-8-17(9-11-20)22(29)25-19-5-1-2-6-19/h3-4,7-11,16,19H,1-2,5-6,12-15H2,(H,25,29)(H,26,30). The lowest BCUT2D eigenvalue weighted by molar-refractivity contribution is 0.0938. The molecule has 7 heteroatoms. The number of amides is 3. The number of halogens is 1. The first-order valence-electron chi connectivity index (χ1n) is 10.6. The second-order valence-corrected chi connectivity index (χ2v) is 8.35. The second-order valence-electron chi connectivity index (χ2n) is 7.92. The van der Waals surface area contributed by atoms with Crippen LogP contribution in [0.1, 0.15) is 36.0 Å². The van der Waals surface area contributed by atoms with Gasteiger partial charge < -0.3 is 20.4 Å². The summed E-state index contributed by atoms with van der Waals surface area (Å²) in [5.74, 6) is -0.0445. The molecule has 2 N–H and O–H groups in total. The van der Waals surface area contributed by atoms with Gasteiger partial charge in [0.25, 0.3) is 5.91 Å². The number of carbonyl (C=O) groups is 2. The fourth-order valence-electron chi connectivity index (χ4n) is 4.09. The molecule has 1 saturated carbocycles. The minimum atomic E-state index is -0.121. The Hall–Kier alpha value is -2.73. The molecule has 1 heterocycles. The van der Waals surface area contributed by atoms with Crippen molar-refractivity contribution in [2.24, 2.45) is 0 Å². The van der Waals surface area contributed by atoms with Crippen LogP contribution in [0.4, 0.5) is 16.2 Å². The maximum atomic E-state index is 12.6. The lowest BCUT2D eigenvalue weighted by Crippen LogP contribution is -2.50. The predicted molar refractivity (Wildman–Crippen MR) is 120 cm³/mol. The second kappa shape index (κ2) is 9.39. The van der Waals surface area contributed by atoms with Gasteiger partial charge in [0.05, 0.1) is 0 Å². The van der Waals surface area contributed by atoms with Crippen LogP contribution < -0.4 is 15.5 Å². The Balaban J connectivity index is 1.27. The number of piperazine rings is 1. The first-order chi connectivity index (χ1) is 14.6. The van der Waals surface area contributed by atoms with Gasteiger partial charge in [0.1, 0.15) is 0 Å². The van der Waals surface area contributed by atoms with Crippen molar-refractivity contribution in [3.63, 3.8) is 0 Å². The van der Waals surface area contributed by atoms with Gasteiger partial charge in [-0.2, -0.15) is 0 Å². The Morgan fingerprint density at radius 3 is 2.30 bits per heavy atom. The van der Waals surface area contributed by atoms with Crippen LogP contribution in [0.25, 0.3) is 0 Å². The van der Waals surface area contributed by atoms with Crippen LogP contribution in [0.3, 0.4) is 0 Å². The molecule has 0 atom stereocenters. The molecule has 3 amide bonds. The Kier molecular flexibility index (Phi) is 6.43. The van der Waals surface area contributed by atoms with E-state index in [0.29, 0.717) is 35.4 Å². The smallest absolute Gasteiger partial charge is 0.321 e. The molecule has 2 fully saturated rings. The zero-order chi connectivity index (χ0) is 20.9. The zero-order valence-corrected chi connectivity index (χ0v) is 17.7. The monoisotopic (exact) mass is 426 g/mol. The first kappa shape index (κ1) is 20.5. The van der Waals surface area contributed by atoms with Gasteiger partial charge in [-0.05, 0) is 55.3 Å². The number of benzene rings is 2. The average molecular weight is 427 g/mol. The van der Waals surface area contributed by atoms with Gasteiger partial charge in [-0.25, -0.2) is 4.79 Å². The average Bonchev–Trinajstić information content (AvgIpc) is 3.27. The van der Waals surface area contributed by atoms with Crippen molar-refractivity contribution in [3.8, 4) is 0 Å². The molecule has 2 aromatic rings. The van der Waals surface area contributed by atoms with E-state index in [1.165, 1.54) is 12.8 Å². The van der Waals surface area contributed by atoms with E-state index >= 15 is 0 Å². The van der Waals surface area contributed by atoms with Crippen LogP contribution in [0.15, 0.2) is 48.5 Å². The van der Waals surface area contributed by atoms with Crippen LogP contribution >= 0.6 is 11.6 Å². The van der Waals surface area contributed by atoms with Crippen LogP contribution in [-0.2, 0) is 0 Å². The summed E-state index contributed by atoms with van der Waals surface area (Å²) < 4.78 is 0. The summed E-state index contributed by atoms with van der Waals surface area (Å²) in [5.41, 5.74) is 2.39. The number of anilines is 2. The molecule has 0 radical (unpaired) electrons. The lowest BCUT2D eigenvalue weighted by atomic mass is 10.1. The largest absolute Gasteiger partial charge is 0.368 e. The molecule has 0 unspecified atom stereocenters. The van der Waals surface area contributed by atoms with Crippen molar-refractivity contribution < 1.29 is 9.59 Å². The fraction of sp³-hybridized carbons (Fsp3) is 0.391. The van der Waals surface area contributed by atoms with Gasteiger partial charge in [0.15, 0.2) is 0 Å². The van der Waals surface area contributed by atoms with Gasteiger partial charge in [0, 0.05) is 54.2 Å². The van der Waals surface area contributed by atoms with E-state index in [0.717, 1.165) is 31.6 Å². The number of hydrogen-bond acceptors (Lipinski definition) is 3. The fourth-order valence-corrected chi connectivity index (χ4v) is 4.27. The van der Waals surface area contributed by atoms with Crippen molar-refractivity contribution in [2.75, 3.05) is 36.4 Å². The highest BCUT2D eigenvalue weighted by atomic mass is 35.5. The number of urea groups is 1. The molecule has 0 aromatic heterocycles. The highest BCUT2D eigenvalue weighted by molar-refractivity contribution is 6.30. The molecule has 6 nitrogen and oxygen atoms in total. The maximum Gasteiger partial charge on any atom is 0.321 e. The quantitative estimate of drug-likeness (QED) is 0.763. The Morgan fingerprint density at radius 2 is 1.63 bits per heavy atom. The molecule has 2 aromatic carbocycles. The minimum absolute atomic E-state index is 0.0445. The maximum absolute atomic E-state index is 12.6. The summed E-state index contributed by atoms with van der Waals surface area (Å²) in [5, 5.41) is 6.73. The van der Waals surface area contributed by atoms with E-state index < -0.39 is 0 Å². The Morgan fingerprint density at radius 1 is 0.933 bits per heavy atom. The molecule has 1 saturated heterocycles. The molecule has 0 bridgehead atoms. The first-order valence-corrected chi connectivity index (χ1v) is 10.9. The topological polar surface area (TPSA) is 64.7 Å². The summed E-state index contributed by atoms with van der Waals surface area (Å²) in [6.07, 6.45) is 4.49. The van der Waals surface area contributed by atoms with Crippen LogP contribution in [0, 0.1) is 0 Å². The van der Waals surface area contributed by atoms with Gasteiger partial charge in [-0.15, -0.1) is 0 Å². The molecule has 4 rings (SSSR count). The van der Waals surface area contributed by atoms with Crippen molar-refractivity contribution >= 4 is 34.9 Å². The molecule has 0 spiro atoms. The zero-order valence-electron chi connectivity index (χ0n) is 16.9. The van der Waals surface area contributed by atoms with Gasteiger partial charge in [0.2, 0.25) is 0 Å². The molecule has 2 aliphatic rings. The third kappa shape index (κ3) is 5.05. The minimum Gasteiger partial charge on any atom is -0.368 e. The molecule has 1 aliphatic heterocycles. The number of rotatable bonds is 4. The number of carbonyl (C=O) groups excluding carboxylic acids is 2. The highest BCUT2D eigenvalue weighted by Crippen LogP contribution is 2.21. The highest BCUT2D eigenvalue weighted by Gasteiger charge is 2.22. The van der Waals surface area contributed by atoms with E-state index in [1.54, 1.807) is 24.3 Å². The van der Waals surface area contributed by atoms with Crippen molar-refractivity contribution in [2.45, 2.75) is 31.7 Å². The predicted octanol–water partition coefficient (Wildman–Crippen LogP) is 4.37. The molecule has 1 aliphatic carbocycles. The molecule has 158 valence electrons. The Bertz CT molecular complexity index is 888. The summed E-state index contributed by atoms with van der Waals surface area (Å²) >= 11 is 6.08. The van der Waals surface area contributed by atoms with E-state index in [-0.39, 0.29) is 11.9 Å². The van der Waals surface area contributed by atoms with Gasteiger partial charge in [-0.3, -0.25) is 4.79 Å². The van der Waals surface area contributed by atoms with Crippen LogP contribution in [-0.4, -0.2) is 49.1 Å². The third-order valence-electron chi connectivity index (χ3n) is 5.83. The third-order valence-corrected chi connectivity index (χ3v) is 6.06. The number of nitrogens with one attached hydrogen (secondary N) is 2. The number of nitrogens with zero attached hydrogens (tertiary/aromatic N) is 2. The van der Waals surface area contributed by atoms with E-state index in [4.69, 9.17) is 11.6 Å². The number of hydrogen-bond donors (Lipinski definition) is 2. The summed E-state index contributed by atoms with van der Waals surface area (Å²) in [6, 6.07) is 15.0. The van der Waals surface area contributed by atoms with E-state index in [9.17, 15) is 9.59 Å². The van der Waals surface area contributed by atoms with Gasteiger partial charge in [-0.1, -0.05) is 30.5 Å². The molecular formula is C23H27ClN4O2. The summed E-state index contributed by atoms with van der Waals surface area (Å²) in [4.78, 5) is 29.0. The SMILES string of the molecule is O=C(NC1CCCC1)c1ccc(NC(=O)N2CCN(c3cccc(Cl)c3)CC2)cc1. The van der Waals surface area contributed by atoms with Gasteiger partial charge >= 0.3 is 6.03 Å². The van der Waals surface area contributed by atoms with Crippen molar-refractivity contribution in [3.05, 3.63) is 59.1 Å². The van der Waals surface area contributed by atoms with Crippen molar-refractivity contribution in [1.29, 1.82) is 0 Å². The summed E-state index contributed by atoms with van der Waals surface area (Å²) in [6.45, 7) is 2.79. The summed E-state index contributed by atoms with van der Waals surface area (Å²) in [7, 11) is 0. The van der Waals surface area contributed by atoms with Crippen LogP contribution in [0.5, 0.6) is 0 Å². The molecular weight excluding hydrogens is 400 g/mol. The van der Waals surface area contributed by atoms with E-state index in [2.05, 4.69) is 15.5 Å². The van der Waals surface area contributed by atoms with Crippen LogP contribution in [0.2, 0.25) is 5.02 Å². The Labute approximate surface area is 182 Å². The van der Waals surface area contributed by atoms with Crippen molar-refractivity contribution in [1.82, 2.24) is 10.2 Å². The van der Waals surface area contributed by atoms with E-state index in [1.807, 2.05) is 29.2 Å². The lowest BCUT2D eigenvalue weighted by Gasteiger charge is -2.36.